The number of anilines is 2. The monoisotopic (exact) mass is 338 g/mol. The molecule has 0 atom stereocenters. The van der Waals surface area contributed by atoms with Crippen LogP contribution in [0.4, 0.5) is 11.8 Å². The molecule has 5 rings (SSSR count). The van der Waals surface area contributed by atoms with Crippen LogP contribution in [0, 0.1) is 0 Å². The second kappa shape index (κ2) is 5.82. The van der Waals surface area contributed by atoms with Gasteiger partial charge in [-0.3, -0.25) is 9.78 Å². The fourth-order valence-electron chi connectivity index (χ4n) is 3.43. The predicted molar refractivity (Wildman–Crippen MR) is 95.3 cm³/mol. The van der Waals surface area contributed by atoms with Crippen molar-refractivity contribution in [1.29, 1.82) is 0 Å². The van der Waals surface area contributed by atoms with E-state index in [1.165, 1.54) is 12.8 Å². The van der Waals surface area contributed by atoms with E-state index in [-0.39, 0.29) is 5.56 Å². The lowest BCUT2D eigenvalue weighted by Crippen LogP contribution is -2.47. The first-order valence-electron chi connectivity index (χ1n) is 9.20. The first kappa shape index (κ1) is 14.9. The molecular weight excluding hydrogens is 316 g/mol. The first-order chi connectivity index (χ1) is 12.3. The van der Waals surface area contributed by atoms with Crippen molar-refractivity contribution in [2.24, 2.45) is 0 Å². The van der Waals surface area contributed by atoms with E-state index < -0.39 is 0 Å². The standard InChI is InChI=1S/C18H22N6O/c25-16-11-14(12-1-2-12)20-18(22-16)24-9-7-23(8-10-24)15-5-6-19-17(21-15)13-3-4-13/h5-6,11-13H,1-4,7-10H2,(H,20,22,25). The highest BCUT2D eigenvalue weighted by Crippen LogP contribution is 2.39. The third-order valence-corrected chi connectivity index (χ3v) is 5.25. The lowest BCUT2D eigenvalue weighted by Gasteiger charge is -2.35. The summed E-state index contributed by atoms with van der Waals surface area (Å²) in [7, 11) is 0. The molecule has 7 heteroatoms. The molecule has 0 spiro atoms. The minimum atomic E-state index is -0.0424. The third-order valence-electron chi connectivity index (χ3n) is 5.25. The van der Waals surface area contributed by atoms with Crippen molar-refractivity contribution in [3.63, 3.8) is 0 Å². The van der Waals surface area contributed by atoms with Crippen molar-refractivity contribution in [1.82, 2.24) is 19.9 Å². The van der Waals surface area contributed by atoms with Crippen LogP contribution in [0.25, 0.3) is 0 Å². The largest absolute Gasteiger partial charge is 0.353 e. The molecule has 0 aromatic carbocycles. The summed E-state index contributed by atoms with van der Waals surface area (Å²) >= 11 is 0. The van der Waals surface area contributed by atoms with Gasteiger partial charge in [0.15, 0.2) is 0 Å². The Kier molecular flexibility index (Phi) is 3.46. The molecule has 1 saturated heterocycles. The number of nitrogens with one attached hydrogen (secondary N) is 1. The molecule has 2 aromatic heterocycles. The molecule has 0 radical (unpaired) electrons. The van der Waals surface area contributed by atoms with Gasteiger partial charge in [-0.1, -0.05) is 0 Å². The van der Waals surface area contributed by atoms with Gasteiger partial charge < -0.3 is 9.80 Å². The number of nitrogens with zero attached hydrogens (tertiary/aromatic N) is 5. The van der Waals surface area contributed by atoms with Gasteiger partial charge in [0, 0.05) is 50.3 Å². The number of aromatic amines is 1. The molecule has 3 heterocycles. The fraction of sp³-hybridized carbons (Fsp3) is 0.556. The normalized spacial score (nSPS) is 20.8. The number of rotatable bonds is 4. The van der Waals surface area contributed by atoms with Crippen molar-refractivity contribution in [3.05, 3.63) is 40.2 Å². The molecule has 130 valence electrons. The number of piperazine rings is 1. The van der Waals surface area contributed by atoms with Gasteiger partial charge in [0.2, 0.25) is 5.95 Å². The predicted octanol–water partition coefficient (Wildman–Crippen LogP) is 1.64. The zero-order chi connectivity index (χ0) is 16.8. The molecule has 2 aliphatic carbocycles. The molecule has 0 unspecified atom stereocenters. The highest BCUT2D eigenvalue weighted by atomic mass is 16.1. The zero-order valence-electron chi connectivity index (χ0n) is 14.2. The maximum atomic E-state index is 11.9. The molecule has 0 amide bonds. The molecule has 25 heavy (non-hydrogen) atoms. The van der Waals surface area contributed by atoms with Crippen molar-refractivity contribution in [2.75, 3.05) is 36.0 Å². The lowest BCUT2D eigenvalue weighted by atomic mass is 10.3. The maximum absolute atomic E-state index is 11.9. The lowest BCUT2D eigenvalue weighted by molar-refractivity contribution is 0.629. The topological polar surface area (TPSA) is 78.0 Å². The van der Waals surface area contributed by atoms with E-state index in [2.05, 4.69) is 24.8 Å². The maximum Gasteiger partial charge on any atom is 0.252 e. The quantitative estimate of drug-likeness (QED) is 0.913. The van der Waals surface area contributed by atoms with Crippen LogP contribution in [0.3, 0.4) is 0 Å². The van der Waals surface area contributed by atoms with E-state index in [4.69, 9.17) is 4.98 Å². The van der Waals surface area contributed by atoms with E-state index in [0.29, 0.717) is 11.8 Å². The zero-order valence-corrected chi connectivity index (χ0v) is 14.2. The number of hydrogen-bond acceptors (Lipinski definition) is 6. The van der Waals surface area contributed by atoms with E-state index >= 15 is 0 Å². The van der Waals surface area contributed by atoms with E-state index in [0.717, 1.165) is 62.3 Å². The van der Waals surface area contributed by atoms with Crippen LogP contribution in [0.5, 0.6) is 0 Å². The van der Waals surface area contributed by atoms with E-state index in [9.17, 15) is 4.79 Å². The number of H-pyrrole nitrogens is 1. The summed E-state index contributed by atoms with van der Waals surface area (Å²) in [4.78, 5) is 33.1. The average molecular weight is 338 g/mol. The van der Waals surface area contributed by atoms with Gasteiger partial charge in [-0.05, 0) is 31.7 Å². The molecule has 0 bridgehead atoms. The van der Waals surface area contributed by atoms with Crippen LogP contribution < -0.4 is 15.4 Å². The summed E-state index contributed by atoms with van der Waals surface area (Å²) in [5, 5.41) is 0. The van der Waals surface area contributed by atoms with Gasteiger partial charge >= 0.3 is 0 Å². The molecule has 7 nitrogen and oxygen atoms in total. The summed E-state index contributed by atoms with van der Waals surface area (Å²) in [6.07, 6.45) is 6.61. The van der Waals surface area contributed by atoms with Crippen molar-refractivity contribution in [2.45, 2.75) is 37.5 Å². The summed E-state index contributed by atoms with van der Waals surface area (Å²) in [6, 6.07) is 3.65. The van der Waals surface area contributed by atoms with Gasteiger partial charge in [-0.25, -0.2) is 15.0 Å². The van der Waals surface area contributed by atoms with Crippen LogP contribution >= 0.6 is 0 Å². The highest BCUT2D eigenvalue weighted by Gasteiger charge is 2.29. The van der Waals surface area contributed by atoms with Gasteiger partial charge in [0.25, 0.3) is 5.56 Å². The molecule has 3 aliphatic rings. The minimum absolute atomic E-state index is 0.0424. The Labute approximate surface area is 146 Å². The number of aromatic nitrogens is 4. The molecule has 1 aliphatic heterocycles. The Morgan fingerprint density at radius 3 is 2.40 bits per heavy atom. The van der Waals surface area contributed by atoms with E-state index in [1.807, 2.05) is 12.3 Å². The van der Waals surface area contributed by atoms with Crippen LogP contribution in [0.2, 0.25) is 0 Å². The smallest absolute Gasteiger partial charge is 0.252 e. The van der Waals surface area contributed by atoms with Crippen molar-refractivity contribution >= 4 is 11.8 Å². The third kappa shape index (κ3) is 3.10. The second-order valence-corrected chi connectivity index (χ2v) is 7.29. The van der Waals surface area contributed by atoms with Crippen LogP contribution in [0.15, 0.2) is 23.1 Å². The summed E-state index contributed by atoms with van der Waals surface area (Å²) < 4.78 is 0. The Balaban J connectivity index is 1.30. The SMILES string of the molecule is O=c1cc(C2CC2)nc(N2CCN(c3ccnc(C4CC4)n3)CC2)[nH]1. The Morgan fingerprint density at radius 2 is 1.68 bits per heavy atom. The average Bonchev–Trinajstić information content (AvgIpc) is 3.54. The summed E-state index contributed by atoms with van der Waals surface area (Å²) in [5.74, 6) is 3.79. The Bertz CT molecular complexity index is 833. The molecule has 1 N–H and O–H groups in total. The Hall–Kier alpha value is -2.44. The minimum Gasteiger partial charge on any atom is -0.353 e. The van der Waals surface area contributed by atoms with Crippen molar-refractivity contribution < 1.29 is 0 Å². The van der Waals surface area contributed by atoms with E-state index in [1.54, 1.807) is 6.07 Å². The van der Waals surface area contributed by atoms with Crippen LogP contribution in [-0.4, -0.2) is 46.1 Å². The molecule has 3 fully saturated rings. The van der Waals surface area contributed by atoms with Gasteiger partial charge in [0.05, 0.1) is 5.69 Å². The Morgan fingerprint density at radius 1 is 0.960 bits per heavy atom. The van der Waals surface area contributed by atoms with Gasteiger partial charge in [0.1, 0.15) is 11.6 Å². The van der Waals surface area contributed by atoms with Gasteiger partial charge in [-0.15, -0.1) is 0 Å². The number of hydrogen-bond donors (Lipinski definition) is 1. The van der Waals surface area contributed by atoms with Crippen LogP contribution in [-0.2, 0) is 0 Å². The molecule has 2 aromatic rings. The van der Waals surface area contributed by atoms with Crippen LogP contribution in [0.1, 0.15) is 49.0 Å². The summed E-state index contributed by atoms with van der Waals surface area (Å²) in [5.41, 5.74) is 0.908. The summed E-state index contributed by atoms with van der Waals surface area (Å²) in [6.45, 7) is 3.41. The van der Waals surface area contributed by atoms with Crippen molar-refractivity contribution in [3.8, 4) is 0 Å². The van der Waals surface area contributed by atoms with Gasteiger partial charge in [-0.2, -0.15) is 0 Å². The highest BCUT2D eigenvalue weighted by molar-refractivity contribution is 5.42. The fourth-order valence-corrected chi connectivity index (χ4v) is 3.43. The molecule has 2 saturated carbocycles. The second-order valence-electron chi connectivity index (χ2n) is 7.29. The molecular formula is C18H22N6O. The first-order valence-corrected chi connectivity index (χ1v) is 9.20.